The number of nitrogens with zero attached hydrogens (tertiary/aromatic N) is 2. The molecule has 1 aromatic carbocycles. The van der Waals surface area contributed by atoms with Gasteiger partial charge in [0.25, 0.3) is 0 Å². The molecule has 1 fully saturated rings. The van der Waals surface area contributed by atoms with E-state index in [0.29, 0.717) is 0 Å². The highest BCUT2D eigenvalue weighted by atomic mass is 35.5. The smallest absolute Gasteiger partial charge is 0.405 e. The standard InChI is InChI=1S/C20H23ClFN3O7S2/c1-20(2,17(24-19(27)28)18(26)25-8-13(22)6-14(25)7-23)34(31,32)10-11-9-33(29,30)16-4-3-12(21)5-15(11)16/h3-5,9,13-14,17,24,29-30H,6,8,10H2,1-2H3,(H,27,28)/t13-,14-,17+/m0/s1. The summed E-state index contributed by atoms with van der Waals surface area (Å²) in [6, 6.07) is 2.92. The number of alkyl halides is 1. The van der Waals surface area contributed by atoms with Gasteiger partial charge in [0.2, 0.25) is 5.91 Å². The predicted molar refractivity (Wildman–Crippen MR) is 124 cm³/mol. The first-order chi connectivity index (χ1) is 15.6. The second-order valence-electron chi connectivity index (χ2n) is 8.59. The van der Waals surface area contributed by atoms with Crippen LogP contribution in [-0.4, -0.2) is 74.8 Å². The third-order valence-corrected chi connectivity index (χ3v) is 10.3. The Morgan fingerprint density at radius 3 is 2.65 bits per heavy atom. The van der Waals surface area contributed by atoms with Crippen molar-refractivity contribution in [2.45, 2.75) is 48.2 Å². The van der Waals surface area contributed by atoms with Crippen molar-refractivity contribution < 1.29 is 36.6 Å². The van der Waals surface area contributed by atoms with Crippen LogP contribution in [0.2, 0.25) is 5.02 Å². The first-order valence-electron chi connectivity index (χ1n) is 9.95. The van der Waals surface area contributed by atoms with Crippen molar-refractivity contribution in [1.29, 1.82) is 5.26 Å². The molecule has 2 heterocycles. The number of benzene rings is 1. The van der Waals surface area contributed by atoms with E-state index in [1.807, 2.05) is 5.32 Å². The lowest BCUT2D eigenvalue weighted by atomic mass is 10.0. The van der Waals surface area contributed by atoms with E-state index in [4.69, 9.17) is 11.6 Å². The molecule has 2 amide bonds. The van der Waals surface area contributed by atoms with E-state index in [2.05, 4.69) is 0 Å². The number of amides is 2. The Morgan fingerprint density at radius 2 is 2.06 bits per heavy atom. The Morgan fingerprint density at radius 1 is 1.41 bits per heavy atom. The van der Waals surface area contributed by atoms with E-state index in [1.165, 1.54) is 18.2 Å². The zero-order chi connectivity index (χ0) is 25.6. The molecule has 34 heavy (non-hydrogen) atoms. The Hall–Kier alpha value is -2.37. The van der Waals surface area contributed by atoms with Gasteiger partial charge in [-0.2, -0.15) is 5.26 Å². The van der Waals surface area contributed by atoms with Crippen LogP contribution in [0.25, 0.3) is 5.57 Å². The van der Waals surface area contributed by atoms with Crippen molar-refractivity contribution in [2.24, 2.45) is 0 Å². The first kappa shape index (κ1) is 26.2. The second kappa shape index (κ2) is 9.01. The average molecular weight is 536 g/mol. The van der Waals surface area contributed by atoms with Crippen LogP contribution in [0.15, 0.2) is 28.5 Å². The number of halogens is 2. The summed E-state index contributed by atoms with van der Waals surface area (Å²) in [6.07, 6.45) is -3.45. The van der Waals surface area contributed by atoms with E-state index in [9.17, 15) is 41.9 Å². The van der Waals surface area contributed by atoms with E-state index in [0.717, 1.165) is 24.2 Å². The normalized spacial score (nSPS) is 23.4. The lowest BCUT2D eigenvalue weighted by Crippen LogP contribution is -2.62. The molecule has 0 aliphatic carbocycles. The van der Waals surface area contributed by atoms with Crippen LogP contribution >= 0.6 is 22.2 Å². The highest BCUT2D eigenvalue weighted by Gasteiger charge is 2.51. The van der Waals surface area contributed by atoms with Crippen molar-refractivity contribution in [3.8, 4) is 6.07 Å². The molecular formula is C20H23ClFN3O7S2. The minimum absolute atomic E-state index is 0.0343. The molecule has 2 aliphatic heterocycles. The van der Waals surface area contributed by atoms with Gasteiger partial charge in [0.15, 0.2) is 9.84 Å². The van der Waals surface area contributed by atoms with Gasteiger partial charge in [-0.3, -0.25) is 13.9 Å². The highest BCUT2D eigenvalue weighted by Crippen LogP contribution is 2.59. The van der Waals surface area contributed by atoms with Crippen LogP contribution in [0.1, 0.15) is 25.8 Å². The molecule has 0 bridgehead atoms. The van der Waals surface area contributed by atoms with Crippen LogP contribution in [0.4, 0.5) is 9.18 Å². The summed E-state index contributed by atoms with van der Waals surface area (Å²) < 4.78 is 59.5. The number of nitrogens with one attached hydrogen (secondary N) is 1. The molecule has 10 nitrogen and oxygen atoms in total. The van der Waals surface area contributed by atoms with Crippen LogP contribution in [0, 0.1) is 11.3 Å². The molecule has 0 radical (unpaired) electrons. The van der Waals surface area contributed by atoms with Gasteiger partial charge in [0.1, 0.15) is 18.3 Å². The van der Waals surface area contributed by atoms with Crippen molar-refractivity contribution in [3.63, 3.8) is 0 Å². The third kappa shape index (κ3) is 4.73. The summed E-state index contributed by atoms with van der Waals surface area (Å²) in [5, 5.41) is 21.7. The molecule has 14 heteroatoms. The highest BCUT2D eigenvalue weighted by molar-refractivity contribution is 8.27. The Labute approximate surface area is 202 Å². The summed E-state index contributed by atoms with van der Waals surface area (Å²) in [7, 11) is -7.80. The van der Waals surface area contributed by atoms with Gasteiger partial charge in [-0.15, -0.1) is 10.6 Å². The van der Waals surface area contributed by atoms with Gasteiger partial charge in [-0.05, 0) is 37.6 Å². The molecule has 0 aromatic heterocycles. The monoisotopic (exact) mass is 535 g/mol. The molecule has 0 unspecified atom stereocenters. The fourth-order valence-corrected chi connectivity index (χ4v) is 7.33. The number of carbonyl (C=O) groups excluding carboxylic acids is 1. The quantitative estimate of drug-likeness (QED) is 0.430. The number of nitriles is 1. The minimum Gasteiger partial charge on any atom is -0.465 e. The number of likely N-dealkylation sites (tertiary alicyclic amines) is 1. The molecule has 2 aliphatic rings. The van der Waals surface area contributed by atoms with E-state index in [-0.39, 0.29) is 27.5 Å². The van der Waals surface area contributed by atoms with Gasteiger partial charge < -0.3 is 15.3 Å². The van der Waals surface area contributed by atoms with Gasteiger partial charge >= 0.3 is 6.09 Å². The maximum absolute atomic E-state index is 13.9. The molecule has 4 N–H and O–H groups in total. The summed E-state index contributed by atoms with van der Waals surface area (Å²) >= 11 is 5.99. The average Bonchev–Trinajstić information content (AvgIpc) is 3.21. The van der Waals surface area contributed by atoms with Crippen LogP contribution in [0.3, 0.4) is 0 Å². The van der Waals surface area contributed by atoms with Crippen LogP contribution in [-0.2, 0) is 14.6 Å². The number of hydrogen-bond acceptors (Lipinski definition) is 7. The first-order valence-corrected chi connectivity index (χ1v) is 13.6. The molecule has 3 rings (SSSR count). The van der Waals surface area contributed by atoms with E-state index >= 15 is 0 Å². The Kier molecular flexibility index (Phi) is 6.95. The lowest BCUT2D eigenvalue weighted by molar-refractivity contribution is -0.134. The zero-order valence-corrected chi connectivity index (χ0v) is 20.5. The predicted octanol–water partition coefficient (Wildman–Crippen LogP) is 3.10. The summed E-state index contributed by atoms with van der Waals surface area (Å²) in [5.41, 5.74) is 0.247. The molecule has 3 atom stereocenters. The van der Waals surface area contributed by atoms with Crippen molar-refractivity contribution in [3.05, 3.63) is 34.2 Å². The topological polar surface area (TPSA) is 168 Å². The van der Waals surface area contributed by atoms with Crippen molar-refractivity contribution in [1.82, 2.24) is 10.2 Å². The van der Waals surface area contributed by atoms with Crippen molar-refractivity contribution >= 4 is 49.6 Å². The molecular weight excluding hydrogens is 513 g/mol. The fourth-order valence-electron chi connectivity index (χ4n) is 4.00. The SMILES string of the molecule is CC(C)([C@H](NC(=O)O)C(=O)N1C[C@@H](F)C[C@H]1C#N)S(=O)(=O)CC1=CS(O)(O)c2ccc(Cl)cc21. The van der Waals surface area contributed by atoms with E-state index in [1.54, 1.807) is 6.07 Å². The zero-order valence-electron chi connectivity index (χ0n) is 18.1. The Bertz CT molecular complexity index is 1210. The molecule has 1 saturated heterocycles. The number of carbonyl (C=O) groups is 2. The van der Waals surface area contributed by atoms with Gasteiger partial charge in [0, 0.05) is 22.4 Å². The molecule has 0 spiro atoms. The Balaban J connectivity index is 1.99. The maximum Gasteiger partial charge on any atom is 0.405 e. The number of rotatable bonds is 6. The summed E-state index contributed by atoms with van der Waals surface area (Å²) in [6.45, 7) is 1.80. The lowest BCUT2D eigenvalue weighted by Gasteiger charge is -2.35. The largest absolute Gasteiger partial charge is 0.465 e. The van der Waals surface area contributed by atoms with Crippen molar-refractivity contribution in [2.75, 3.05) is 12.3 Å². The van der Waals surface area contributed by atoms with Gasteiger partial charge in [-0.1, -0.05) is 11.6 Å². The number of carboxylic acid groups (broad SMARTS) is 1. The van der Waals surface area contributed by atoms with Gasteiger partial charge in [0.05, 0.1) is 28.0 Å². The molecule has 186 valence electrons. The molecule has 1 aromatic rings. The fraction of sp³-hybridized carbons (Fsp3) is 0.450. The van der Waals surface area contributed by atoms with Gasteiger partial charge in [-0.25, -0.2) is 17.6 Å². The molecule has 0 saturated carbocycles. The number of hydrogen-bond donors (Lipinski definition) is 4. The number of fused-ring (bicyclic) bond motifs is 1. The third-order valence-electron chi connectivity index (χ3n) is 5.96. The maximum atomic E-state index is 13.9. The van der Waals surface area contributed by atoms with Crippen LogP contribution in [0.5, 0.6) is 0 Å². The number of sulfone groups is 1. The minimum atomic E-state index is -4.38. The van der Waals surface area contributed by atoms with Crippen LogP contribution < -0.4 is 5.32 Å². The summed E-state index contributed by atoms with van der Waals surface area (Å²) in [5.74, 6) is -1.81. The second-order valence-corrected chi connectivity index (χ2v) is 13.5. The summed E-state index contributed by atoms with van der Waals surface area (Å²) in [4.78, 5) is 25.6. The van der Waals surface area contributed by atoms with E-state index < -0.39 is 67.7 Å².